The third kappa shape index (κ3) is 3.14. The van der Waals surface area contributed by atoms with Gasteiger partial charge in [0.1, 0.15) is 0 Å². The van der Waals surface area contributed by atoms with Gasteiger partial charge in [0.2, 0.25) is 5.91 Å². The summed E-state index contributed by atoms with van der Waals surface area (Å²) in [7, 11) is 0. The Morgan fingerprint density at radius 1 is 1.69 bits per heavy atom. The highest BCUT2D eigenvalue weighted by Gasteiger charge is 2.00. The van der Waals surface area contributed by atoms with Crippen molar-refractivity contribution in [3.8, 4) is 0 Å². The number of aryl methyl sites for hydroxylation is 1. The molecule has 1 N–H and O–H groups in total. The van der Waals surface area contributed by atoms with Crippen molar-refractivity contribution < 1.29 is 4.79 Å². The van der Waals surface area contributed by atoms with Gasteiger partial charge in [-0.2, -0.15) is 0 Å². The smallest absolute Gasteiger partial charge is 0.230 e. The fourth-order valence-corrected chi connectivity index (χ4v) is 1.14. The number of alkyl halides is 1. The van der Waals surface area contributed by atoms with Gasteiger partial charge in [0.05, 0.1) is 5.33 Å². The van der Waals surface area contributed by atoms with Gasteiger partial charge in [-0.25, -0.2) is 0 Å². The van der Waals surface area contributed by atoms with Gasteiger partial charge in [0, 0.05) is 18.9 Å². The Bertz CT molecular complexity index is 301. The number of aromatic nitrogens is 1. The van der Waals surface area contributed by atoms with Crippen LogP contribution >= 0.6 is 15.9 Å². The van der Waals surface area contributed by atoms with Crippen LogP contribution in [0.25, 0.3) is 0 Å². The summed E-state index contributed by atoms with van der Waals surface area (Å²) in [6.07, 6.45) is 3.51. The van der Waals surface area contributed by atoms with E-state index in [1.165, 1.54) is 0 Å². The topological polar surface area (TPSA) is 42.0 Å². The number of halogens is 1. The summed E-state index contributed by atoms with van der Waals surface area (Å²) < 4.78 is 0. The van der Waals surface area contributed by atoms with Crippen molar-refractivity contribution in [1.29, 1.82) is 0 Å². The first kappa shape index (κ1) is 10.2. The predicted molar refractivity (Wildman–Crippen MR) is 54.6 cm³/mol. The van der Waals surface area contributed by atoms with Crippen LogP contribution in [-0.2, 0) is 11.3 Å². The summed E-state index contributed by atoms with van der Waals surface area (Å²) in [6, 6.07) is 1.91. The first-order valence-corrected chi connectivity index (χ1v) is 5.08. The van der Waals surface area contributed by atoms with Gasteiger partial charge in [0.25, 0.3) is 0 Å². The Balaban J connectivity index is 2.54. The summed E-state index contributed by atoms with van der Waals surface area (Å²) in [5.41, 5.74) is 2.20. The molecule has 1 aromatic heterocycles. The minimum absolute atomic E-state index is 0.00351. The average Bonchev–Trinajstić information content (AvgIpc) is 2.16. The summed E-state index contributed by atoms with van der Waals surface area (Å²) in [4.78, 5) is 14.9. The molecule has 0 spiro atoms. The normalized spacial score (nSPS) is 9.69. The van der Waals surface area contributed by atoms with Crippen molar-refractivity contribution in [1.82, 2.24) is 10.3 Å². The molecule has 0 bridgehead atoms. The zero-order valence-corrected chi connectivity index (χ0v) is 8.97. The maximum Gasteiger partial charge on any atom is 0.230 e. The molecule has 13 heavy (non-hydrogen) atoms. The van der Waals surface area contributed by atoms with Crippen molar-refractivity contribution in [3.05, 3.63) is 29.6 Å². The molecule has 0 radical (unpaired) electrons. The number of carbonyl (C=O) groups excluding carboxylic acids is 1. The van der Waals surface area contributed by atoms with Crippen LogP contribution in [0.5, 0.6) is 0 Å². The molecule has 70 valence electrons. The zero-order valence-electron chi connectivity index (χ0n) is 7.38. The Hall–Kier alpha value is -0.900. The van der Waals surface area contributed by atoms with Gasteiger partial charge in [-0.15, -0.1) is 0 Å². The Morgan fingerprint density at radius 3 is 3.08 bits per heavy atom. The Morgan fingerprint density at radius 2 is 2.46 bits per heavy atom. The van der Waals surface area contributed by atoms with Gasteiger partial charge in [-0.3, -0.25) is 9.78 Å². The fraction of sp³-hybridized carbons (Fsp3) is 0.333. The number of hydrogen-bond donors (Lipinski definition) is 1. The van der Waals surface area contributed by atoms with E-state index >= 15 is 0 Å². The second-order valence-electron chi connectivity index (χ2n) is 2.71. The lowest BCUT2D eigenvalue weighted by atomic mass is 10.1. The van der Waals surface area contributed by atoms with Gasteiger partial charge in [0.15, 0.2) is 0 Å². The van der Waals surface area contributed by atoms with E-state index in [4.69, 9.17) is 0 Å². The van der Waals surface area contributed by atoms with Crippen LogP contribution in [0.4, 0.5) is 0 Å². The molecule has 1 aromatic rings. The number of pyridine rings is 1. The molecule has 0 aliphatic rings. The van der Waals surface area contributed by atoms with Crippen molar-refractivity contribution in [3.63, 3.8) is 0 Å². The second kappa shape index (κ2) is 4.97. The minimum atomic E-state index is -0.00351. The Labute approximate surface area is 85.7 Å². The molecule has 0 saturated heterocycles. The minimum Gasteiger partial charge on any atom is -0.351 e. The second-order valence-corrected chi connectivity index (χ2v) is 3.27. The highest BCUT2D eigenvalue weighted by molar-refractivity contribution is 9.09. The summed E-state index contributed by atoms with van der Waals surface area (Å²) in [5.74, 6) is -0.00351. The van der Waals surface area contributed by atoms with Crippen LogP contribution in [0.2, 0.25) is 0 Å². The molecular weight excluding hydrogens is 232 g/mol. The van der Waals surface area contributed by atoms with Crippen molar-refractivity contribution >= 4 is 21.8 Å². The van der Waals surface area contributed by atoms with Gasteiger partial charge < -0.3 is 5.32 Å². The Kier molecular flexibility index (Phi) is 3.89. The van der Waals surface area contributed by atoms with E-state index in [9.17, 15) is 4.79 Å². The molecule has 0 atom stereocenters. The number of rotatable bonds is 3. The summed E-state index contributed by atoms with van der Waals surface area (Å²) >= 11 is 3.08. The van der Waals surface area contributed by atoms with E-state index < -0.39 is 0 Å². The molecule has 0 aliphatic heterocycles. The van der Waals surface area contributed by atoms with Crippen molar-refractivity contribution in [2.75, 3.05) is 5.33 Å². The van der Waals surface area contributed by atoms with Crippen LogP contribution in [0, 0.1) is 6.92 Å². The van der Waals surface area contributed by atoms with Crippen LogP contribution in [-0.4, -0.2) is 16.2 Å². The quantitative estimate of drug-likeness (QED) is 0.815. The first-order valence-electron chi connectivity index (χ1n) is 3.96. The number of hydrogen-bond acceptors (Lipinski definition) is 2. The van der Waals surface area contributed by atoms with E-state index in [0.29, 0.717) is 11.9 Å². The molecule has 0 fully saturated rings. The van der Waals surface area contributed by atoms with Gasteiger partial charge in [-0.1, -0.05) is 15.9 Å². The maximum atomic E-state index is 10.9. The third-order valence-corrected chi connectivity index (χ3v) is 2.24. The number of carbonyl (C=O) groups is 1. The summed E-state index contributed by atoms with van der Waals surface area (Å²) in [5, 5.41) is 3.12. The highest BCUT2D eigenvalue weighted by Crippen LogP contribution is 2.03. The molecule has 1 heterocycles. The standard InChI is InChI=1S/C9H11BrN2O/c1-7-5-11-3-2-8(7)6-12-9(13)4-10/h2-3,5H,4,6H2,1H3,(H,12,13). The molecule has 4 heteroatoms. The van der Waals surface area contributed by atoms with Crippen LogP contribution < -0.4 is 5.32 Å². The zero-order chi connectivity index (χ0) is 9.68. The van der Waals surface area contributed by atoms with E-state index in [0.717, 1.165) is 11.1 Å². The van der Waals surface area contributed by atoms with Gasteiger partial charge in [-0.05, 0) is 24.1 Å². The predicted octanol–water partition coefficient (Wildman–Crippen LogP) is 1.40. The maximum absolute atomic E-state index is 10.9. The molecule has 0 unspecified atom stereocenters. The SMILES string of the molecule is Cc1cnccc1CNC(=O)CBr. The number of nitrogens with one attached hydrogen (secondary N) is 1. The summed E-state index contributed by atoms with van der Waals surface area (Å²) in [6.45, 7) is 2.54. The van der Waals surface area contributed by atoms with Crippen molar-refractivity contribution in [2.24, 2.45) is 0 Å². The fourth-order valence-electron chi connectivity index (χ4n) is 0.942. The monoisotopic (exact) mass is 242 g/mol. The van der Waals surface area contributed by atoms with E-state index in [2.05, 4.69) is 26.2 Å². The van der Waals surface area contributed by atoms with E-state index in [1.54, 1.807) is 12.4 Å². The molecule has 1 amide bonds. The lowest BCUT2D eigenvalue weighted by Crippen LogP contribution is -2.23. The molecule has 0 aliphatic carbocycles. The van der Waals surface area contributed by atoms with Gasteiger partial charge >= 0.3 is 0 Å². The lowest BCUT2D eigenvalue weighted by Gasteiger charge is -2.05. The van der Waals surface area contributed by atoms with Crippen LogP contribution in [0.15, 0.2) is 18.5 Å². The first-order chi connectivity index (χ1) is 6.24. The lowest BCUT2D eigenvalue weighted by molar-refractivity contribution is -0.118. The highest BCUT2D eigenvalue weighted by atomic mass is 79.9. The molecule has 3 nitrogen and oxygen atoms in total. The molecule has 0 saturated carbocycles. The van der Waals surface area contributed by atoms with Crippen LogP contribution in [0.3, 0.4) is 0 Å². The van der Waals surface area contributed by atoms with E-state index in [-0.39, 0.29) is 5.91 Å². The van der Waals surface area contributed by atoms with Crippen molar-refractivity contribution in [2.45, 2.75) is 13.5 Å². The molecule has 0 aromatic carbocycles. The van der Waals surface area contributed by atoms with Crippen LogP contribution in [0.1, 0.15) is 11.1 Å². The third-order valence-electron chi connectivity index (χ3n) is 1.73. The average molecular weight is 243 g/mol. The number of amides is 1. The molecule has 1 rings (SSSR count). The molecular formula is C9H11BrN2O. The number of nitrogens with zero attached hydrogens (tertiary/aromatic N) is 1. The van der Waals surface area contributed by atoms with E-state index in [1.807, 2.05) is 13.0 Å². The largest absolute Gasteiger partial charge is 0.351 e.